The molecule has 4 aromatic rings. The summed E-state index contributed by atoms with van der Waals surface area (Å²) in [4.78, 5) is 173. The third-order valence-electron chi connectivity index (χ3n) is 18.7. The molecule has 5 atom stereocenters. The Morgan fingerprint density at radius 2 is 1.19 bits per heavy atom. The first-order valence-electron chi connectivity index (χ1n) is 36.8. The van der Waals surface area contributed by atoms with Crippen LogP contribution in [0.2, 0.25) is 0 Å². The summed E-state index contributed by atoms with van der Waals surface area (Å²) in [6.07, 6.45) is 4.70. The smallest absolute Gasteiger partial charge is 0.317 e. The number of phenols is 1. The summed E-state index contributed by atoms with van der Waals surface area (Å²) in [5.74, 6) is -7.25. The number of hydrogen-bond acceptors (Lipinski definition) is 19. The normalized spacial score (nSPS) is 18.2. The van der Waals surface area contributed by atoms with E-state index in [1.807, 2.05) is 101 Å². The number of ether oxygens (including phenoxy) is 1. The molecule has 2 saturated heterocycles. The second kappa shape index (κ2) is 47.3. The number of carbonyl (C=O) groups excluding carboxylic acids is 10. The number of carbonyl (C=O) groups is 12. The Morgan fingerprint density at radius 3 is 1.83 bits per heavy atom. The van der Waals surface area contributed by atoms with Gasteiger partial charge in [-0.15, -0.1) is 0 Å². The fourth-order valence-electron chi connectivity index (χ4n) is 12.6. The van der Waals surface area contributed by atoms with Gasteiger partial charge in [-0.2, -0.15) is 0 Å². The Balaban J connectivity index is 1.08. The monoisotopic (exact) mass is 1610 g/mol. The Morgan fingerprint density at radius 1 is 0.611 bits per heavy atom. The minimum absolute atomic E-state index is 0.00110. The zero-order chi connectivity index (χ0) is 78.3. The summed E-state index contributed by atoms with van der Waals surface area (Å²) in [6, 6.07) is 20.0. The van der Waals surface area contributed by atoms with Gasteiger partial charge in [-0.05, 0) is 140 Å². The van der Waals surface area contributed by atoms with Crippen LogP contribution in [0.3, 0.4) is 0 Å². The number of phenolic OH excluding ortho intramolecular Hbond substituents is 1. The van der Waals surface area contributed by atoms with E-state index < -0.39 is 90.0 Å². The fourth-order valence-corrected chi connectivity index (χ4v) is 13.2. The molecule has 2 aliphatic heterocycles. The molecule has 0 bridgehead atoms. The quantitative estimate of drug-likeness (QED) is 0.00960. The summed E-state index contributed by atoms with van der Waals surface area (Å²) in [6.45, 7) is 3.57. The number of benzene rings is 4. The Hall–Kier alpha value is -9.58. The predicted octanol–water partition coefficient (Wildman–Crippen LogP) is 0.597. The number of likely N-dealkylation sites (N-methyl/N-ethyl adjacent to an activating group) is 1. The number of carboxylic acids is 2. The topological polar surface area (TPSA) is 452 Å². The lowest BCUT2D eigenvalue weighted by Gasteiger charge is -2.33. The highest BCUT2D eigenvalue weighted by molar-refractivity contribution is 14.1. The molecule has 590 valence electrons. The first-order valence-corrected chi connectivity index (χ1v) is 37.9. The Bertz CT molecular complexity index is 3680. The molecule has 32 nitrogen and oxygen atoms in total. The highest BCUT2D eigenvalue weighted by Gasteiger charge is 2.36. The first-order chi connectivity index (χ1) is 51.8. The van der Waals surface area contributed by atoms with Crippen molar-refractivity contribution in [1.82, 2.24) is 67.0 Å². The van der Waals surface area contributed by atoms with Gasteiger partial charge in [0.15, 0.2) is 5.96 Å². The molecular formula is C75H107IN16O16. The van der Waals surface area contributed by atoms with E-state index in [1.54, 1.807) is 26.8 Å². The van der Waals surface area contributed by atoms with Gasteiger partial charge >= 0.3 is 11.9 Å². The van der Waals surface area contributed by atoms with Crippen molar-refractivity contribution in [2.45, 2.75) is 140 Å². The van der Waals surface area contributed by atoms with Gasteiger partial charge in [-0.25, -0.2) is 0 Å². The van der Waals surface area contributed by atoms with Gasteiger partial charge in [0.2, 0.25) is 53.2 Å². The predicted molar refractivity (Wildman–Crippen MR) is 412 cm³/mol. The molecular weight excluding hydrogens is 1510 g/mol. The SMILES string of the molecule is Cc1ccc(CCCC(=O)NCCCC[C@H](NC(=O)CN2CCN(COC=O)CCN(CC(=O)O)CCN(CC(=O)O)CC2)C(=O)NCCCCCC(=O)NCCC[C@@H]2C(=O)N[C@@H](CCCN=C(N)N)C(=O)N[C@@H](Cc3ccc4ccccc4c3)C(=O)NCC(=O)N[C@H](Cc3ccc(O)c(I)c3)C(=O)N2C)cc1. The summed E-state index contributed by atoms with van der Waals surface area (Å²) in [7, 11) is 1.40. The molecule has 9 amide bonds. The van der Waals surface area contributed by atoms with E-state index in [0.29, 0.717) is 79.2 Å². The molecule has 0 aromatic heterocycles. The second-order valence-corrected chi connectivity index (χ2v) is 28.4. The third kappa shape index (κ3) is 32.9. The lowest BCUT2D eigenvalue weighted by molar-refractivity contribution is -0.142. The van der Waals surface area contributed by atoms with Gasteiger partial charge in [0.25, 0.3) is 6.47 Å². The van der Waals surface area contributed by atoms with Crippen molar-refractivity contribution in [3.63, 3.8) is 0 Å². The molecule has 33 heteroatoms. The number of aryl methyl sites for hydroxylation is 2. The van der Waals surface area contributed by atoms with Crippen LogP contribution in [-0.2, 0) is 81.5 Å². The summed E-state index contributed by atoms with van der Waals surface area (Å²) in [5.41, 5.74) is 14.8. The number of guanidine groups is 1. The number of nitrogens with zero attached hydrogens (tertiary/aromatic N) is 6. The molecule has 0 spiro atoms. The lowest BCUT2D eigenvalue weighted by atomic mass is 10.00. The highest BCUT2D eigenvalue weighted by atomic mass is 127. The highest BCUT2D eigenvalue weighted by Crippen LogP contribution is 2.23. The molecule has 4 aromatic carbocycles. The molecule has 6 rings (SSSR count). The van der Waals surface area contributed by atoms with E-state index in [1.165, 1.54) is 18.0 Å². The van der Waals surface area contributed by atoms with Crippen molar-refractivity contribution in [3.05, 3.63) is 111 Å². The van der Waals surface area contributed by atoms with E-state index in [4.69, 9.17) is 16.2 Å². The second-order valence-electron chi connectivity index (χ2n) is 27.3. The minimum Gasteiger partial charge on any atom is -0.507 e. The van der Waals surface area contributed by atoms with Crippen molar-refractivity contribution in [3.8, 4) is 5.75 Å². The lowest BCUT2D eigenvalue weighted by Crippen LogP contribution is -2.58. The summed E-state index contributed by atoms with van der Waals surface area (Å²) >= 11 is 1.94. The number of hydrogen-bond donors (Lipinski definition) is 13. The number of rotatable bonds is 38. The van der Waals surface area contributed by atoms with E-state index in [2.05, 4.69) is 47.5 Å². The maximum Gasteiger partial charge on any atom is 0.317 e. The van der Waals surface area contributed by atoms with Gasteiger partial charge in [0.1, 0.15) is 42.7 Å². The third-order valence-corrected chi connectivity index (χ3v) is 19.5. The maximum atomic E-state index is 14.8. The minimum atomic E-state index is -1.30. The number of unbranched alkanes of at least 4 members (excludes halogenated alkanes) is 3. The van der Waals surface area contributed by atoms with Gasteiger partial charge < -0.3 is 79.0 Å². The Labute approximate surface area is 643 Å². The van der Waals surface area contributed by atoms with Crippen LogP contribution in [0.15, 0.2) is 89.9 Å². The van der Waals surface area contributed by atoms with Crippen molar-refractivity contribution in [2.24, 2.45) is 16.5 Å². The number of nitrogens with one attached hydrogen (secondary N) is 8. The number of aliphatic carboxylic acids is 2. The number of halogens is 1. The van der Waals surface area contributed by atoms with Crippen LogP contribution in [0, 0.1) is 10.5 Å². The van der Waals surface area contributed by atoms with Crippen LogP contribution < -0.4 is 54.0 Å². The molecule has 15 N–H and O–H groups in total. The van der Waals surface area contributed by atoms with Crippen LogP contribution in [0.5, 0.6) is 5.75 Å². The first kappa shape index (κ1) is 87.3. The number of carboxylic acid groups (broad SMARTS) is 2. The van der Waals surface area contributed by atoms with Crippen LogP contribution >= 0.6 is 22.6 Å². The van der Waals surface area contributed by atoms with Crippen LogP contribution in [0.4, 0.5) is 0 Å². The van der Waals surface area contributed by atoms with Gasteiger partial charge in [0, 0.05) is 111 Å². The van der Waals surface area contributed by atoms with Gasteiger partial charge in [-0.3, -0.25) is 82.1 Å². The number of nitrogens with two attached hydrogens (primary N) is 2. The van der Waals surface area contributed by atoms with E-state index in [9.17, 15) is 72.9 Å². The zero-order valence-electron chi connectivity index (χ0n) is 61.7. The molecule has 0 radical (unpaired) electrons. The molecule has 2 heterocycles. The summed E-state index contributed by atoms with van der Waals surface area (Å²) in [5, 5.41) is 54.2. The number of aromatic hydroxyl groups is 1. The average molecular weight is 1620 g/mol. The van der Waals surface area contributed by atoms with E-state index in [-0.39, 0.29) is 167 Å². The van der Waals surface area contributed by atoms with E-state index in [0.717, 1.165) is 28.3 Å². The molecule has 2 aliphatic rings. The van der Waals surface area contributed by atoms with Gasteiger partial charge in [-0.1, -0.05) is 84.8 Å². The maximum absolute atomic E-state index is 14.8. The van der Waals surface area contributed by atoms with Crippen LogP contribution in [0.1, 0.15) is 106 Å². The van der Waals surface area contributed by atoms with Crippen LogP contribution in [-0.4, -0.2) is 266 Å². The Kier molecular flexibility index (Phi) is 38.2. The molecule has 0 unspecified atom stereocenters. The summed E-state index contributed by atoms with van der Waals surface area (Å²) < 4.78 is 5.54. The molecule has 2 fully saturated rings. The largest absolute Gasteiger partial charge is 0.507 e. The van der Waals surface area contributed by atoms with Gasteiger partial charge in [0.05, 0.1) is 29.7 Å². The molecule has 0 saturated carbocycles. The number of amides is 9. The van der Waals surface area contributed by atoms with Crippen molar-refractivity contribution in [2.75, 3.05) is 118 Å². The van der Waals surface area contributed by atoms with Crippen molar-refractivity contribution in [1.29, 1.82) is 0 Å². The standard InChI is InChI=1S/C75H107IN16O16/c1-51-21-23-52(24-22-51)13-10-20-65(96)79-29-9-7-16-58(84-67(98)46-89-33-34-90(47-68(99)100)35-36-91(48-69(101)102)38-40-92(39-37-89)49-108-50-93)70(103)81-30-8-3-4-19-64(95)80-31-12-18-62-73(106)86-59(17-11-32-82-75(77)78)72(105)87-60(43-53-25-27-55-14-5-6-15-56(55)41-53)71(104)83-45-66(97)85-61(74(107)88(62)2)44-54-26-28-63(94)57(76)42-54/h5-6,14-15,21-28,41-42,50,58-62,94H,3-4,7-13,16-20,29-40,43-49H2,1-2H3,(H,79,96)(H,80,95)(H,81,103)(H,83,104)(H,84,98)(H,85,97)(H,86,106)(H,87,105)(H,99,100)(H,101,102)(H4,77,78,82)/t58-,59-,60-,61+,62+/m0/s1. The fraction of sp³-hybridized carbons (Fsp3) is 0.533. The average Bonchev–Trinajstić information content (AvgIpc) is 1.11. The molecule has 108 heavy (non-hydrogen) atoms. The van der Waals surface area contributed by atoms with Crippen LogP contribution in [0.25, 0.3) is 10.8 Å². The van der Waals surface area contributed by atoms with Crippen molar-refractivity contribution >= 4 is 111 Å². The van der Waals surface area contributed by atoms with E-state index >= 15 is 0 Å². The molecule has 0 aliphatic carbocycles. The number of aliphatic imine (C=N–C) groups is 1. The zero-order valence-corrected chi connectivity index (χ0v) is 63.9. The van der Waals surface area contributed by atoms with Crippen molar-refractivity contribution < 1.29 is 77.6 Å². The number of fused-ring (bicyclic) bond motifs is 1.